The summed E-state index contributed by atoms with van der Waals surface area (Å²) in [7, 11) is 0. The predicted molar refractivity (Wildman–Crippen MR) is 73.4 cm³/mol. The van der Waals surface area contributed by atoms with E-state index in [1.807, 2.05) is 24.3 Å². The van der Waals surface area contributed by atoms with Crippen molar-refractivity contribution in [2.45, 2.75) is 12.8 Å². The van der Waals surface area contributed by atoms with Crippen LogP contribution in [0.3, 0.4) is 0 Å². The van der Waals surface area contributed by atoms with Gasteiger partial charge in [0.15, 0.2) is 5.13 Å². The third-order valence-corrected chi connectivity index (χ3v) is 4.01. The number of nitrogens with zero attached hydrogens (tertiary/aromatic N) is 2. The molecule has 17 heavy (non-hydrogen) atoms. The highest BCUT2D eigenvalue weighted by atomic mass is 32.1. The molecule has 0 bridgehead atoms. The number of hydrogen-bond donors (Lipinski definition) is 1. The van der Waals surface area contributed by atoms with E-state index >= 15 is 0 Å². The second kappa shape index (κ2) is 4.37. The molecule has 4 heteroatoms. The molecule has 3 rings (SSSR count). The standard InChI is InChI=1S/C13H15N3S/c14-11-6-2-1-5-10(11)12-9-17-13(15-12)16-7-3-4-8-16/h1-2,5-6,9H,3-4,7-8,14H2. The molecule has 0 atom stereocenters. The monoisotopic (exact) mass is 245 g/mol. The second-order valence-electron chi connectivity index (χ2n) is 4.30. The van der Waals surface area contributed by atoms with Gasteiger partial charge in [0.2, 0.25) is 0 Å². The lowest BCUT2D eigenvalue weighted by Crippen LogP contribution is -2.17. The van der Waals surface area contributed by atoms with Gasteiger partial charge >= 0.3 is 0 Å². The number of thiazole rings is 1. The van der Waals surface area contributed by atoms with E-state index in [4.69, 9.17) is 5.73 Å². The van der Waals surface area contributed by atoms with Crippen molar-refractivity contribution in [3.63, 3.8) is 0 Å². The van der Waals surface area contributed by atoms with Crippen LogP contribution in [0.4, 0.5) is 10.8 Å². The first-order valence-corrected chi connectivity index (χ1v) is 6.78. The summed E-state index contributed by atoms with van der Waals surface area (Å²) in [6, 6.07) is 7.90. The van der Waals surface area contributed by atoms with Gasteiger partial charge in [0.05, 0.1) is 5.69 Å². The lowest BCUT2D eigenvalue weighted by Gasteiger charge is -2.12. The molecular formula is C13H15N3S. The average Bonchev–Trinajstić information content (AvgIpc) is 3.00. The SMILES string of the molecule is Nc1ccccc1-c1csc(N2CCCC2)n1. The summed E-state index contributed by atoms with van der Waals surface area (Å²) >= 11 is 1.71. The van der Waals surface area contributed by atoms with Gasteiger partial charge < -0.3 is 10.6 Å². The molecule has 1 fully saturated rings. The Kier molecular flexibility index (Phi) is 2.73. The van der Waals surface area contributed by atoms with Gasteiger partial charge in [-0.05, 0) is 18.9 Å². The van der Waals surface area contributed by atoms with Crippen molar-refractivity contribution in [1.29, 1.82) is 0 Å². The predicted octanol–water partition coefficient (Wildman–Crippen LogP) is 2.99. The van der Waals surface area contributed by atoms with Crippen LogP contribution < -0.4 is 10.6 Å². The molecule has 2 heterocycles. The van der Waals surface area contributed by atoms with Crippen molar-refractivity contribution < 1.29 is 0 Å². The number of hydrogen-bond acceptors (Lipinski definition) is 4. The molecule has 1 saturated heterocycles. The molecule has 0 saturated carbocycles. The molecule has 2 aromatic rings. The van der Waals surface area contributed by atoms with Crippen LogP contribution in [0.1, 0.15) is 12.8 Å². The number of aromatic nitrogens is 1. The molecule has 0 spiro atoms. The van der Waals surface area contributed by atoms with Gasteiger partial charge in [0.25, 0.3) is 0 Å². The van der Waals surface area contributed by atoms with E-state index in [0.717, 1.165) is 35.2 Å². The third kappa shape index (κ3) is 2.00. The molecule has 0 unspecified atom stereocenters. The molecule has 1 aliphatic rings. The first-order chi connectivity index (χ1) is 8.34. The van der Waals surface area contributed by atoms with Crippen LogP contribution in [0.5, 0.6) is 0 Å². The molecule has 2 N–H and O–H groups in total. The van der Waals surface area contributed by atoms with Gasteiger partial charge in [0.1, 0.15) is 0 Å². The van der Waals surface area contributed by atoms with E-state index in [0.29, 0.717) is 0 Å². The minimum Gasteiger partial charge on any atom is -0.398 e. The average molecular weight is 245 g/mol. The van der Waals surface area contributed by atoms with Gasteiger partial charge in [-0.1, -0.05) is 18.2 Å². The molecule has 0 amide bonds. The summed E-state index contributed by atoms with van der Waals surface area (Å²) in [6.07, 6.45) is 2.56. The van der Waals surface area contributed by atoms with Crippen molar-refractivity contribution in [1.82, 2.24) is 4.98 Å². The molecule has 0 aliphatic carbocycles. The molecule has 88 valence electrons. The summed E-state index contributed by atoms with van der Waals surface area (Å²) < 4.78 is 0. The normalized spacial score (nSPS) is 15.4. The van der Waals surface area contributed by atoms with Gasteiger partial charge in [-0.3, -0.25) is 0 Å². The van der Waals surface area contributed by atoms with Crippen LogP contribution in [-0.2, 0) is 0 Å². The van der Waals surface area contributed by atoms with Crippen LogP contribution in [0.15, 0.2) is 29.6 Å². The Hall–Kier alpha value is -1.55. The van der Waals surface area contributed by atoms with Gasteiger partial charge in [-0.25, -0.2) is 4.98 Å². The fraction of sp³-hybridized carbons (Fsp3) is 0.308. The Labute approximate surface area is 105 Å². The number of benzene rings is 1. The fourth-order valence-electron chi connectivity index (χ4n) is 2.17. The molecule has 1 aliphatic heterocycles. The topological polar surface area (TPSA) is 42.1 Å². The quantitative estimate of drug-likeness (QED) is 0.827. The first kappa shape index (κ1) is 10.6. The fourth-order valence-corrected chi connectivity index (χ4v) is 3.05. The maximum Gasteiger partial charge on any atom is 0.185 e. The van der Waals surface area contributed by atoms with Crippen molar-refractivity contribution in [2.75, 3.05) is 23.7 Å². The van der Waals surface area contributed by atoms with Crippen LogP contribution >= 0.6 is 11.3 Å². The summed E-state index contributed by atoms with van der Waals surface area (Å²) in [5.74, 6) is 0. The number of rotatable bonds is 2. The third-order valence-electron chi connectivity index (χ3n) is 3.11. The maximum atomic E-state index is 5.97. The highest BCUT2D eigenvalue weighted by Crippen LogP contribution is 2.31. The largest absolute Gasteiger partial charge is 0.398 e. The summed E-state index contributed by atoms with van der Waals surface area (Å²) in [6.45, 7) is 2.27. The van der Waals surface area contributed by atoms with Crippen LogP contribution in [-0.4, -0.2) is 18.1 Å². The summed E-state index contributed by atoms with van der Waals surface area (Å²) in [5, 5.41) is 3.22. The van der Waals surface area contributed by atoms with Crippen LogP contribution in [0, 0.1) is 0 Å². The maximum absolute atomic E-state index is 5.97. The second-order valence-corrected chi connectivity index (χ2v) is 5.13. The zero-order valence-electron chi connectivity index (χ0n) is 9.60. The lowest BCUT2D eigenvalue weighted by atomic mass is 10.1. The van der Waals surface area contributed by atoms with Gasteiger partial charge in [-0.2, -0.15) is 0 Å². The zero-order chi connectivity index (χ0) is 11.7. The molecule has 3 nitrogen and oxygen atoms in total. The van der Waals surface area contributed by atoms with Crippen LogP contribution in [0.2, 0.25) is 0 Å². The number of anilines is 2. The summed E-state index contributed by atoms with van der Waals surface area (Å²) in [5.41, 5.74) is 8.79. The zero-order valence-corrected chi connectivity index (χ0v) is 10.4. The Bertz CT molecular complexity index is 515. The van der Waals surface area contributed by atoms with Gasteiger partial charge in [0, 0.05) is 29.7 Å². The van der Waals surface area contributed by atoms with Crippen molar-refractivity contribution >= 4 is 22.2 Å². The summed E-state index contributed by atoms with van der Waals surface area (Å²) in [4.78, 5) is 7.04. The highest BCUT2D eigenvalue weighted by molar-refractivity contribution is 7.14. The Morgan fingerprint density at radius 1 is 1.18 bits per heavy atom. The van der Waals surface area contributed by atoms with E-state index in [-0.39, 0.29) is 0 Å². The minimum atomic E-state index is 0.797. The molecular weight excluding hydrogens is 230 g/mol. The molecule has 0 radical (unpaired) electrons. The van der Waals surface area contributed by atoms with E-state index in [1.165, 1.54) is 12.8 Å². The van der Waals surface area contributed by atoms with E-state index in [2.05, 4.69) is 15.3 Å². The Balaban J connectivity index is 1.92. The Morgan fingerprint density at radius 3 is 2.71 bits per heavy atom. The van der Waals surface area contributed by atoms with E-state index < -0.39 is 0 Å². The molecule has 1 aromatic heterocycles. The Morgan fingerprint density at radius 2 is 1.94 bits per heavy atom. The van der Waals surface area contributed by atoms with E-state index in [1.54, 1.807) is 11.3 Å². The van der Waals surface area contributed by atoms with Crippen molar-refractivity contribution in [2.24, 2.45) is 0 Å². The molecule has 1 aromatic carbocycles. The van der Waals surface area contributed by atoms with Crippen molar-refractivity contribution in [3.05, 3.63) is 29.6 Å². The van der Waals surface area contributed by atoms with Gasteiger partial charge in [-0.15, -0.1) is 11.3 Å². The highest BCUT2D eigenvalue weighted by Gasteiger charge is 2.16. The minimum absolute atomic E-state index is 0.797. The van der Waals surface area contributed by atoms with Crippen LogP contribution in [0.25, 0.3) is 11.3 Å². The number of nitrogen functional groups attached to an aromatic ring is 1. The van der Waals surface area contributed by atoms with Crippen molar-refractivity contribution in [3.8, 4) is 11.3 Å². The lowest BCUT2D eigenvalue weighted by molar-refractivity contribution is 0.949. The first-order valence-electron chi connectivity index (χ1n) is 5.90. The number of nitrogens with two attached hydrogens (primary N) is 1. The van der Waals surface area contributed by atoms with E-state index in [9.17, 15) is 0 Å². The smallest absolute Gasteiger partial charge is 0.185 e. The number of para-hydroxylation sites is 1.